The second-order valence-corrected chi connectivity index (χ2v) is 30.7. The molecule has 0 amide bonds. The predicted molar refractivity (Wildman–Crippen MR) is 389 cm³/mol. The van der Waals surface area contributed by atoms with Crippen LogP contribution in [0.1, 0.15) is 495 Å². The van der Waals surface area contributed by atoms with Crippen LogP contribution in [0.2, 0.25) is 0 Å². The molecule has 2 saturated carbocycles. The zero-order chi connectivity index (χ0) is 62.1. The van der Waals surface area contributed by atoms with Crippen molar-refractivity contribution in [2.24, 2.45) is 29.6 Å². The van der Waals surface area contributed by atoms with Gasteiger partial charge in [0.05, 0.1) is 12.0 Å². The van der Waals surface area contributed by atoms with Crippen molar-refractivity contribution >= 4 is 5.97 Å². The molecule has 6 atom stereocenters. The number of hydrogen-bond acceptors (Lipinski definition) is 2. The third-order valence-electron chi connectivity index (χ3n) is 22.2. The van der Waals surface area contributed by atoms with E-state index in [1.807, 2.05) is 0 Å². The molecule has 0 aliphatic heterocycles. The van der Waals surface area contributed by atoms with Crippen molar-refractivity contribution in [1.82, 2.24) is 0 Å². The summed E-state index contributed by atoms with van der Waals surface area (Å²) in [5.41, 5.74) is 0. The number of carbonyl (C=O) groups is 1. The number of carboxylic acids is 1. The summed E-state index contributed by atoms with van der Waals surface area (Å²) in [6, 6.07) is 0. The zero-order valence-corrected chi connectivity index (χ0v) is 60.3. The van der Waals surface area contributed by atoms with Gasteiger partial charge in [-0.05, 0) is 49.4 Å². The Balaban J connectivity index is 1.18. The van der Waals surface area contributed by atoms with Crippen LogP contribution >= 0.6 is 0 Å². The van der Waals surface area contributed by atoms with Gasteiger partial charge < -0.3 is 10.2 Å². The van der Waals surface area contributed by atoms with E-state index in [0.29, 0.717) is 12.8 Å². The molecular weight excluding hydrogens is 1060 g/mol. The Kier molecular flexibility index (Phi) is 63.4. The first-order valence-corrected chi connectivity index (χ1v) is 42.0. The van der Waals surface area contributed by atoms with Crippen molar-refractivity contribution in [2.75, 3.05) is 0 Å². The molecule has 2 aliphatic carbocycles. The lowest BCUT2D eigenvalue weighted by atomic mass is 9.91. The van der Waals surface area contributed by atoms with Crippen LogP contribution in [0.25, 0.3) is 0 Å². The minimum absolute atomic E-state index is 0.581. The van der Waals surface area contributed by atoms with Gasteiger partial charge in [-0.15, -0.1) is 0 Å². The van der Waals surface area contributed by atoms with E-state index in [2.05, 4.69) is 13.8 Å². The fourth-order valence-electron chi connectivity index (χ4n) is 15.6. The average molecular weight is 1220 g/mol. The SMILES string of the molecule is CCCCCCCCCCCCCCCCCCCCCCCCC(C(=O)O)C(O)CCCCCCCCCCCCCCCCCC1CC1CCCCCCCCCCCCCCC1CC1CCCCCCCCCCCCCCCCCCCC. The highest BCUT2D eigenvalue weighted by Crippen LogP contribution is 2.47. The molecule has 2 fully saturated rings. The molecule has 87 heavy (non-hydrogen) atoms. The normalized spacial score (nSPS) is 17.2. The molecule has 0 aromatic heterocycles. The lowest BCUT2D eigenvalue weighted by molar-refractivity contribution is -0.146. The molecule has 2 rings (SSSR count). The van der Waals surface area contributed by atoms with Crippen molar-refractivity contribution in [3.05, 3.63) is 0 Å². The van der Waals surface area contributed by atoms with Crippen molar-refractivity contribution < 1.29 is 15.0 Å². The van der Waals surface area contributed by atoms with E-state index >= 15 is 0 Å². The van der Waals surface area contributed by atoms with E-state index in [0.717, 1.165) is 49.4 Å². The summed E-state index contributed by atoms with van der Waals surface area (Å²) >= 11 is 0. The van der Waals surface area contributed by atoms with E-state index < -0.39 is 18.0 Å². The van der Waals surface area contributed by atoms with Gasteiger partial charge >= 0.3 is 5.97 Å². The van der Waals surface area contributed by atoms with Gasteiger partial charge in [-0.2, -0.15) is 0 Å². The van der Waals surface area contributed by atoms with E-state index in [4.69, 9.17) is 0 Å². The number of unbranched alkanes of at least 4 members (excludes halogenated alkanes) is 63. The van der Waals surface area contributed by atoms with E-state index in [9.17, 15) is 15.0 Å². The summed E-state index contributed by atoms with van der Waals surface area (Å²) in [7, 11) is 0. The quantitative estimate of drug-likeness (QED) is 0.0597. The van der Waals surface area contributed by atoms with Crippen LogP contribution in [0.3, 0.4) is 0 Å². The molecule has 3 nitrogen and oxygen atoms in total. The second kappa shape index (κ2) is 66.9. The molecule has 0 aromatic carbocycles. The number of aliphatic hydroxyl groups excluding tert-OH is 1. The summed E-state index contributed by atoms with van der Waals surface area (Å²) in [5.74, 6) is 3.05. The van der Waals surface area contributed by atoms with E-state index in [-0.39, 0.29) is 0 Å². The van der Waals surface area contributed by atoms with E-state index in [1.165, 1.54) is 417 Å². The average Bonchev–Trinajstić information content (AvgIpc) is 3.98. The molecule has 518 valence electrons. The highest BCUT2D eigenvalue weighted by Gasteiger charge is 2.36. The van der Waals surface area contributed by atoms with Gasteiger partial charge in [0.15, 0.2) is 0 Å². The molecule has 2 N–H and O–H groups in total. The Morgan fingerprint density at radius 3 is 0.563 bits per heavy atom. The van der Waals surface area contributed by atoms with Gasteiger partial charge in [0.1, 0.15) is 0 Å². The zero-order valence-electron chi connectivity index (χ0n) is 60.3. The molecular formula is C84H164O3. The monoisotopic (exact) mass is 1220 g/mol. The molecule has 0 bridgehead atoms. The van der Waals surface area contributed by atoms with Crippen LogP contribution in [0.15, 0.2) is 0 Å². The van der Waals surface area contributed by atoms with Crippen molar-refractivity contribution in [1.29, 1.82) is 0 Å². The minimum atomic E-state index is -0.796. The molecule has 0 spiro atoms. The molecule has 0 aromatic rings. The van der Waals surface area contributed by atoms with Gasteiger partial charge in [-0.3, -0.25) is 4.79 Å². The molecule has 2 aliphatic rings. The van der Waals surface area contributed by atoms with Crippen LogP contribution in [0.5, 0.6) is 0 Å². The van der Waals surface area contributed by atoms with Crippen LogP contribution < -0.4 is 0 Å². The maximum atomic E-state index is 12.0. The number of hydrogen-bond donors (Lipinski definition) is 2. The van der Waals surface area contributed by atoms with Crippen molar-refractivity contribution in [3.63, 3.8) is 0 Å². The Hall–Kier alpha value is -0.570. The van der Waals surface area contributed by atoms with Crippen molar-refractivity contribution in [2.45, 2.75) is 502 Å². The summed E-state index contributed by atoms with van der Waals surface area (Å²) in [4.78, 5) is 12.0. The fourth-order valence-corrected chi connectivity index (χ4v) is 15.6. The molecule has 3 heteroatoms. The van der Waals surface area contributed by atoms with Gasteiger partial charge in [0.25, 0.3) is 0 Å². The first kappa shape index (κ1) is 82.5. The third-order valence-corrected chi connectivity index (χ3v) is 22.2. The third kappa shape index (κ3) is 59.0. The lowest BCUT2D eigenvalue weighted by Gasteiger charge is -2.19. The predicted octanol–water partition coefficient (Wildman–Crippen LogP) is 29.8. The van der Waals surface area contributed by atoms with Gasteiger partial charge in [-0.25, -0.2) is 0 Å². The molecule has 0 saturated heterocycles. The maximum absolute atomic E-state index is 12.0. The molecule has 6 unspecified atom stereocenters. The number of carboxylic acid groups (broad SMARTS) is 1. The maximum Gasteiger partial charge on any atom is 0.309 e. The van der Waals surface area contributed by atoms with Crippen LogP contribution in [0.4, 0.5) is 0 Å². The summed E-state index contributed by atoms with van der Waals surface area (Å²) < 4.78 is 0. The first-order chi connectivity index (χ1) is 43.1. The van der Waals surface area contributed by atoms with Crippen LogP contribution in [-0.4, -0.2) is 22.3 Å². The fraction of sp³-hybridized carbons (Fsp3) is 0.988. The topological polar surface area (TPSA) is 57.5 Å². The Bertz CT molecular complexity index is 1330. The van der Waals surface area contributed by atoms with Crippen LogP contribution in [0, 0.1) is 29.6 Å². The summed E-state index contributed by atoms with van der Waals surface area (Å²) in [6.07, 6.45) is 105. The molecule has 0 radical (unpaired) electrons. The van der Waals surface area contributed by atoms with E-state index in [1.54, 1.807) is 25.7 Å². The summed E-state index contributed by atoms with van der Waals surface area (Å²) in [6.45, 7) is 4.62. The highest BCUT2D eigenvalue weighted by molar-refractivity contribution is 5.70. The number of rotatable bonds is 77. The Morgan fingerprint density at radius 2 is 0.391 bits per heavy atom. The standard InChI is InChI=1S/C84H164O3/c1-3-5-7-9-11-13-15-17-19-21-23-24-25-26-28-32-36-44-50-56-62-68-74-82(84(86)87)83(85)75-69-63-57-51-45-37-33-29-31-35-41-47-53-59-65-71-79-77-81(79)73-67-61-55-49-43-39-38-42-48-54-60-66-72-80-76-78(80)70-64-58-52-46-40-34-30-27-22-20-18-16-14-12-10-8-6-4-2/h78-83,85H,3-77H2,1-2H3,(H,86,87). The Labute approximate surface area is 549 Å². The van der Waals surface area contributed by atoms with Crippen molar-refractivity contribution in [3.8, 4) is 0 Å². The summed E-state index contributed by atoms with van der Waals surface area (Å²) in [5, 5.41) is 20.6. The minimum Gasteiger partial charge on any atom is -0.481 e. The van der Waals surface area contributed by atoms with Crippen LogP contribution in [-0.2, 0) is 4.79 Å². The van der Waals surface area contributed by atoms with Gasteiger partial charge in [-0.1, -0.05) is 470 Å². The first-order valence-electron chi connectivity index (χ1n) is 42.0. The number of aliphatic carboxylic acids is 1. The largest absolute Gasteiger partial charge is 0.481 e. The number of aliphatic hydroxyl groups is 1. The molecule has 0 heterocycles. The Morgan fingerprint density at radius 1 is 0.241 bits per heavy atom. The highest BCUT2D eigenvalue weighted by atomic mass is 16.4. The second-order valence-electron chi connectivity index (χ2n) is 30.7. The smallest absolute Gasteiger partial charge is 0.309 e. The van der Waals surface area contributed by atoms with Gasteiger partial charge in [0, 0.05) is 0 Å². The van der Waals surface area contributed by atoms with Gasteiger partial charge in [0.2, 0.25) is 0 Å². The lowest BCUT2D eigenvalue weighted by Crippen LogP contribution is -2.28.